The molecule has 0 aliphatic rings. The number of carboxylic acids is 1. The fourth-order valence-corrected chi connectivity index (χ4v) is 1.13. The Kier molecular flexibility index (Phi) is 2.91. The molecule has 7 heteroatoms. The fourth-order valence-electron chi connectivity index (χ4n) is 0.807. The summed E-state index contributed by atoms with van der Waals surface area (Å²) in [5.41, 5.74) is 5.04. The topological polar surface area (TPSA) is 76.5 Å². The van der Waals surface area contributed by atoms with Gasteiger partial charge in [-0.15, -0.1) is 0 Å². The maximum Gasteiger partial charge on any atom is 0.376 e. The van der Waals surface area contributed by atoms with Crippen molar-refractivity contribution >= 4 is 21.9 Å². The first-order valence-electron chi connectivity index (χ1n) is 3.47. The highest BCUT2D eigenvalue weighted by Gasteiger charge is 2.47. The Bertz CT molecular complexity index is 352. The number of rotatable bonds is 3. The molecule has 3 N–H and O–H groups in total. The first-order chi connectivity index (χ1) is 6.35. The normalized spacial score (nSPS) is 14.0. The zero-order chi connectivity index (χ0) is 10.9. The van der Waals surface area contributed by atoms with Crippen LogP contribution in [0.25, 0.3) is 0 Å². The van der Waals surface area contributed by atoms with Gasteiger partial charge in [0, 0.05) is 0 Å². The fraction of sp³-hybridized carbons (Fsp3) is 0.286. The van der Waals surface area contributed by atoms with E-state index in [2.05, 4.69) is 15.9 Å². The monoisotopic (exact) mass is 269 g/mol. The number of aliphatic carboxylic acids is 1. The number of hydrogen-bond donors (Lipinski definition) is 2. The van der Waals surface area contributed by atoms with Crippen LogP contribution in [0.3, 0.4) is 0 Å². The lowest BCUT2D eigenvalue weighted by atomic mass is 10.1. The summed E-state index contributed by atoms with van der Waals surface area (Å²) < 4.78 is 30.6. The summed E-state index contributed by atoms with van der Waals surface area (Å²) in [6.45, 7) is 0. The second-order valence-corrected chi connectivity index (χ2v) is 3.33. The van der Waals surface area contributed by atoms with Crippen molar-refractivity contribution in [3.63, 3.8) is 0 Å². The molecule has 1 heterocycles. The first-order valence-corrected chi connectivity index (χ1v) is 4.27. The number of nitrogens with two attached hydrogens (primary N) is 1. The van der Waals surface area contributed by atoms with Crippen LogP contribution in [0.1, 0.15) is 11.8 Å². The summed E-state index contributed by atoms with van der Waals surface area (Å²) >= 11 is 2.89. The van der Waals surface area contributed by atoms with Gasteiger partial charge in [-0.1, -0.05) is 0 Å². The molecule has 0 aliphatic heterocycles. The minimum Gasteiger partial charge on any atom is -0.477 e. The van der Waals surface area contributed by atoms with Crippen molar-refractivity contribution in [1.82, 2.24) is 0 Å². The predicted octanol–water partition coefficient (Wildman–Crippen LogP) is 1.76. The van der Waals surface area contributed by atoms with Crippen LogP contribution in [-0.2, 0) is 4.79 Å². The molecule has 4 nitrogen and oxygen atoms in total. The van der Waals surface area contributed by atoms with Crippen LogP contribution in [0.15, 0.2) is 21.2 Å². The highest BCUT2D eigenvalue weighted by molar-refractivity contribution is 9.10. The Balaban J connectivity index is 2.95. The zero-order valence-corrected chi connectivity index (χ0v) is 8.29. The highest BCUT2D eigenvalue weighted by Crippen LogP contribution is 2.31. The van der Waals surface area contributed by atoms with Crippen LogP contribution >= 0.6 is 15.9 Å². The molecule has 0 radical (unpaired) electrons. The van der Waals surface area contributed by atoms with Gasteiger partial charge >= 0.3 is 11.9 Å². The SMILES string of the molecule is N[C@H](c1ccc(Br)o1)C(F)(F)C(=O)O. The lowest BCUT2D eigenvalue weighted by Crippen LogP contribution is -2.40. The number of carboxylic acid groups (broad SMARTS) is 1. The van der Waals surface area contributed by atoms with Gasteiger partial charge in [0.25, 0.3) is 0 Å². The van der Waals surface area contributed by atoms with Crippen LogP contribution in [0.5, 0.6) is 0 Å². The molecule has 0 amide bonds. The van der Waals surface area contributed by atoms with Gasteiger partial charge in [-0.05, 0) is 28.1 Å². The van der Waals surface area contributed by atoms with Crippen molar-refractivity contribution in [3.05, 3.63) is 22.6 Å². The van der Waals surface area contributed by atoms with Gasteiger partial charge in [0.1, 0.15) is 11.8 Å². The Hall–Kier alpha value is -0.950. The molecule has 0 spiro atoms. The number of furan rings is 1. The molecule has 78 valence electrons. The maximum absolute atomic E-state index is 12.8. The summed E-state index contributed by atoms with van der Waals surface area (Å²) in [5.74, 6) is -6.61. The molecule has 1 aromatic rings. The van der Waals surface area contributed by atoms with Crippen LogP contribution in [0, 0.1) is 0 Å². The summed E-state index contributed by atoms with van der Waals surface area (Å²) in [5, 5.41) is 8.20. The van der Waals surface area contributed by atoms with Gasteiger partial charge in [0.05, 0.1) is 0 Å². The van der Waals surface area contributed by atoms with E-state index in [1.165, 1.54) is 12.1 Å². The van der Waals surface area contributed by atoms with Crippen molar-refractivity contribution in [1.29, 1.82) is 0 Å². The minimum absolute atomic E-state index is 0.212. The summed E-state index contributed by atoms with van der Waals surface area (Å²) in [6.07, 6.45) is 0. The predicted molar refractivity (Wildman–Crippen MR) is 45.9 cm³/mol. The van der Waals surface area contributed by atoms with E-state index >= 15 is 0 Å². The van der Waals surface area contributed by atoms with Crippen LogP contribution in [0.2, 0.25) is 0 Å². The van der Waals surface area contributed by atoms with E-state index in [-0.39, 0.29) is 10.4 Å². The van der Waals surface area contributed by atoms with E-state index in [9.17, 15) is 13.6 Å². The van der Waals surface area contributed by atoms with Gasteiger partial charge in [0.15, 0.2) is 4.67 Å². The molecule has 0 fully saturated rings. The average molecular weight is 270 g/mol. The molecular formula is C7H6BrF2NO3. The van der Waals surface area contributed by atoms with E-state index in [0.717, 1.165) is 0 Å². The van der Waals surface area contributed by atoms with E-state index in [1.807, 2.05) is 0 Å². The second kappa shape index (κ2) is 3.66. The highest BCUT2D eigenvalue weighted by atomic mass is 79.9. The molecule has 1 atom stereocenters. The van der Waals surface area contributed by atoms with Crippen molar-refractivity contribution in [2.45, 2.75) is 12.0 Å². The number of alkyl halides is 2. The molecule has 0 aliphatic carbocycles. The molecule has 1 aromatic heterocycles. The van der Waals surface area contributed by atoms with Gasteiger partial charge < -0.3 is 15.3 Å². The summed E-state index contributed by atoms with van der Waals surface area (Å²) in [7, 11) is 0. The van der Waals surface area contributed by atoms with Crippen LogP contribution < -0.4 is 5.73 Å². The lowest BCUT2D eigenvalue weighted by Gasteiger charge is -2.16. The van der Waals surface area contributed by atoms with Crippen LogP contribution in [0.4, 0.5) is 8.78 Å². The van der Waals surface area contributed by atoms with Crippen molar-refractivity contribution in [2.24, 2.45) is 5.73 Å². The lowest BCUT2D eigenvalue weighted by molar-refractivity contribution is -0.168. The number of carbonyl (C=O) groups is 1. The average Bonchev–Trinajstić information content (AvgIpc) is 2.50. The van der Waals surface area contributed by atoms with Crippen molar-refractivity contribution in [2.75, 3.05) is 0 Å². The molecule has 0 unspecified atom stereocenters. The van der Waals surface area contributed by atoms with Gasteiger partial charge in [-0.25, -0.2) is 4.79 Å². The molecular weight excluding hydrogens is 264 g/mol. The largest absolute Gasteiger partial charge is 0.477 e. The molecule has 0 saturated heterocycles. The first kappa shape index (κ1) is 11.1. The third kappa shape index (κ3) is 1.93. The standard InChI is InChI=1S/C7H6BrF2NO3/c8-4-2-1-3(14-4)5(11)7(9,10)6(12)13/h1-2,5H,11H2,(H,12,13)/t5-/m1/s1. The van der Waals surface area contributed by atoms with Gasteiger partial charge in [-0.3, -0.25) is 0 Å². The van der Waals surface area contributed by atoms with Crippen LogP contribution in [-0.4, -0.2) is 17.0 Å². The zero-order valence-electron chi connectivity index (χ0n) is 6.71. The van der Waals surface area contributed by atoms with Gasteiger partial charge in [0.2, 0.25) is 0 Å². The Morgan fingerprint density at radius 2 is 2.21 bits per heavy atom. The molecule has 0 aromatic carbocycles. The van der Waals surface area contributed by atoms with E-state index in [0.29, 0.717) is 0 Å². The Morgan fingerprint density at radius 3 is 2.57 bits per heavy atom. The molecule has 1 rings (SSSR count). The summed E-state index contributed by atoms with van der Waals surface area (Å²) in [4.78, 5) is 10.2. The molecule has 14 heavy (non-hydrogen) atoms. The summed E-state index contributed by atoms with van der Waals surface area (Å²) in [6, 6.07) is 0.546. The third-order valence-electron chi connectivity index (χ3n) is 1.58. The van der Waals surface area contributed by atoms with E-state index in [4.69, 9.17) is 15.3 Å². The minimum atomic E-state index is -4.04. The van der Waals surface area contributed by atoms with Gasteiger partial charge in [-0.2, -0.15) is 8.78 Å². The maximum atomic E-state index is 12.8. The Morgan fingerprint density at radius 1 is 1.64 bits per heavy atom. The van der Waals surface area contributed by atoms with Crippen molar-refractivity contribution < 1.29 is 23.1 Å². The Labute approximate surface area is 85.8 Å². The smallest absolute Gasteiger partial charge is 0.376 e. The number of hydrogen-bond acceptors (Lipinski definition) is 3. The van der Waals surface area contributed by atoms with Crippen molar-refractivity contribution in [3.8, 4) is 0 Å². The van der Waals surface area contributed by atoms with E-state index in [1.54, 1.807) is 0 Å². The molecule has 0 bridgehead atoms. The molecule has 0 saturated carbocycles. The quantitative estimate of drug-likeness (QED) is 0.877. The van der Waals surface area contributed by atoms with E-state index < -0.39 is 17.9 Å². The second-order valence-electron chi connectivity index (χ2n) is 2.55. The number of halogens is 3. The third-order valence-corrected chi connectivity index (χ3v) is 2.00.